The van der Waals surface area contributed by atoms with Crippen LogP contribution in [0, 0.1) is 6.92 Å². The lowest BCUT2D eigenvalue weighted by Gasteiger charge is -2.00. The van der Waals surface area contributed by atoms with Crippen molar-refractivity contribution in [1.29, 1.82) is 0 Å². The first-order valence-electron chi connectivity index (χ1n) is 5.09. The molecule has 17 heavy (non-hydrogen) atoms. The number of aromatic nitrogens is 2. The number of nitrogens with one attached hydrogen (secondary N) is 1. The van der Waals surface area contributed by atoms with Gasteiger partial charge in [0.1, 0.15) is 6.20 Å². The van der Waals surface area contributed by atoms with Gasteiger partial charge < -0.3 is 5.48 Å². The van der Waals surface area contributed by atoms with Gasteiger partial charge >= 0.3 is 0 Å². The van der Waals surface area contributed by atoms with Crippen molar-refractivity contribution in [3.8, 4) is 0 Å². The van der Waals surface area contributed by atoms with E-state index in [0.717, 1.165) is 11.5 Å². The topological polar surface area (TPSA) is 104 Å². The van der Waals surface area contributed by atoms with Crippen molar-refractivity contribution >= 4 is 16.2 Å². The molecule has 0 fully saturated rings. The van der Waals surface area contributed by atoms with E-state index in [1.54, 1.807) is 6.08 Å². The highest BCUT2D eigenvalue weighted by Crippen LogP contribution is 1.99. The van der Waals surface area contributed by atoms with Gasteiger partial charge in [-0.05, 0) is 18.9 Å². The molecule has 0 atom stereocenters. The Hall–Kier alpha value is -1.18. The first-order chi connectivity index (χ1) is 7.44. The Bertz CT molecular complexity index is 465. The number of hydrogen-bond donors (Lipinski definition) is 2. The van der Waals surface area contributed by atoms with Gasteiger partial charge in [-0.3, -0.25) is 4.55 Å². The van der Waals surface area contributed by atoms with Crippen LogP contribution in [-0.4, -0.2) is 29.2 Å². The number of aryl methyl sites for hydroxylation is 1. The van der Waals surface area contributed by atoms with Gasteiger partial charge in [0.25, 0.3) is 15.9 Å². The fourth-order valence-corrected chi connectivity index (χ4v) is 2.12. The first kappa shape index (κ1) is 15.8. The maximum Gasteiger partial charge on any atom is 0.264 e. The second-order valence-electron chi connectivity index (χ2n) is 3.65. The minimum atomic E-state index is -3.83. The molecule has 0 aliphatic rings. The zero-order chi connectivity index (χ0) is 12.2. The molecule has 7 heteroatoms. The predicted molar refractivity (Wildman–Crippen MR) is 63.4 cm³/mol. The van der Waals surface area contributed by atoms with Crippen LogP contribution >= 0.6 is 0 Å². The van der Waals surface area contributed by atoms with E-state index in [1.165, 1.54) is 0 Å². The second-order valence-corrected chi connectivity index (χ2v) is 5.22. The summed E-state index contributed by atoms with van der Waals surface area (Å²) in [4.78, 5) is 3.07. The Balaban J connectivity index is 0.00000256. The second kappa shape index (κ2) is 6.53. The molecular formula is C10H18N2O4S. The standard InChI is InChI=1S/C10H16N2O3S.H2O/c1-3-10-8-11-9(2)12(10)6-4-5-7-16(13,14)15;/h3,8H,1,4-7H2,2H3,(H,13,14,15);1H2. The smallest absolute Gasteiger partial charge is 0.264 e. The van der Waals surface area contributed by atoms with Gasteiger partial charge in [-0.15, -0.1) is 0 Å². The number of nitrogens with zero attached hydrogens (tertiary/aromatic N) is 1. The number of aromatic amines is 1. The van der Waals surface area contributed by atoms with Gasteiger partial charge in [0.2, 0.25) is 0 Å². The lowest BCUT2D eigenvalue weighted by Crippen LogP contribution is -2.37. The van der Waals surface area contributed by atoms with Crippen LogP contribution in [0.1, 0.15) is 24.4 Å². The van der Waals surface area contributed by atoms with Crippen LogP contribution in [0.2, 0.25) is 0 Å². The Kier molecular flexibility index (Phi) is 6.08. The summed E-state index contributed by atoms with van der Waals surface area (Å²) >= 11 is 0. The van der Waals surface area contributed by atoms with Crippen LogP contribution in [0.15, 0.2) is 12.8 Å². The third-order valence-corrected chi connectivity index (χ3v) is 3.19. The van der Waals surface area contributed by atoms with Crippen molar-refractivity contribution in [2.75, 3.05) is 5.75 Å². The summed E-state index contributed by atoms with van der Waals surface area (Å²) < 4.78 is 31.6. The van der Waals surface area contributed by atoms with Gasteiger partial charge in [-0.1, -0.05) is 6.58 Å². The quantitative estimate of drug-likeness (QED) is 0.448. The number of hydrogen-bond acceptors (Lipinski definition) is 3. The molecule has 0 unspecified atom stereocenters. The summed E-state index contributed by atoms with van der Waals surface area (Å²) in [5.74, 6) is 0.822. The van der Waals surface area contributed by atoms with Crippen molar-refractivity contribution in [3.63, 3.8) is 0 Å². The number of imidazole rings is 1. The van der Waals surface area contributed by atoms with E-state index in [0.29, 0.717) is 19.4 Å². The maximum atomic E-state index is 10.5. The Morgan fingerprint density at radius 2 is 2.18 bits per heavy atom. The predicted octanol–water partition coefficient (Wildman–Crippen LogP) is 0.745. The van der Waals surface area contributed by atoms with Gasteiger partial charge in [-0.25, -0.2) is 9.55 Å². The van der Waals surface area contributed by atoms with Crippen LogP contribution in [0.25, 0.3) is 6.08 Å². The van der Waals surface area contributed by atoms with Crippen molar-refractivity contribution in [1.82, 2.24) is 4.98 Å². The normalized spacial score (nSPS) is 10.9. The lowest BCUT2D eigenvalue weighted by atomic mass is 10.3. The zero-order valence-electron chi connectivity index (χ0n) is 9.76. The van der Waals surface area contributed by atoms with E-state index in [4.69, 9.17) is 4.55 Å². The first-order valence-corrected chi connectivity index (χ1v) is 6.70. The van der Waals surface area contributed by atoms with Crippen molar-refractivity contribution in [2.24, 2.45) is 0 Å². The van der Waals surface area contributed by atoms with Gasteiger partial charge in [-0.2, -0.15) is 8.42 Å². The van der Waals surface area contributed by atoms with Gasteiger partial charge in [0, 0.05) is 6.92 Å². The van der Waals surface area contributed by atoms with Crippen molar-refractivity contribution < 1.29 is 23.0 Å². The third kappa shape index (κ3) is 5.12. The van der Waals surface area contributed by atoms with Crippen molar-refractivity contribution in [2.45, 2.75) is 26.3 Å². The van der Waals surface area contributed by atoms with E-state index in [2.05, 4.69) is 11.6 Å². The molecule has 6 nitrogen and oxygen atoms in total. The van der Waals surface area contributed by atoms with Crippen LogP contribution in [0.5, 0.6) is 0 Å². The number of rotatable bonds is 6. The Morgan fingerprint density at radius 1 is 1.53 bits per heavy atom. The summed E-state index contributed by atoms with van der Waals surface area (Å²) in [5.41, 5.74) is 0.976. The minimum absolute atomic E-state index is 0. The lowest BCUT2D eigenvalue weighted by molar-refractivity contribution is -0.703. The van der Waals surface area contributed by atoms with Crippen molar-refractivity contribution in [3.05, 3.63) is 24.3 Å². The Labute approximate surface area is 101 Å². The number of unbranched alkanes of at least 4 members (excludes halogenated alkanes) is 1. The van der Waals surface area contributed by atoms with E-state index in [1.807, 2.05) is 17.7 Å². The molecule has 1 aromatic heterocycles. The average Bonchev–Trinajstić information content (AvgIpc) is 2.53. The van der Waals surface area contributed by atoms with Crippen LogP contribution < -0.4 is 4.57 Å². The van der Waals surface area contributed by atoms with Crippen LogP contribution in [0.4, 0.5) is 0 Å². The van der Waals surface area contributed by atoms with E-state index >= 15 is 0 Å². The minimum Gasteiger partial charge on any atom is -0.870 e. The van der Waals surface area contributed by atoms with E-state index < -0.39 is 10.1 Å². The maximum absolute atomic E-state index is 10.5. The fourth-order valence-electron chi connectivity index (χ4n) is 1.55. The summed E-state index contributed by atoms with van der Waals surface area (Å²) in [6, 6.07) is 0. The van der Waals surface area contributed by atoms with E-state index in [9.17, 15) is 8.42 Å². The molecule has 0 spiro atoms. The molecule has 0 radical (unpaired) electrons. The number of H-pyrrole nitrogens is 1. The summed E-state index contributed by atoms with van der Waals surface area (Å²) in [6.07, 6.45) is 4.74. The van der Waals surface area contributed by atoms with Crippen LogP contribution in [0.3, 0.4) is 0 Å². The highest BCUT2D eigenvalue weighted by molar-refractivity contribution is 7.85. The highest BCUT2D eigenvalue weighted by Gasteiger charge is 2.11. The molecule has 0 aliphatic carbocycles. The molecule has 0 bridgehead atoms. The largest absolute Gasteiger partial charge is 0.870 e. The molecule has 0 amide bonds. The molecule has 1 rings (SSSR count). The summed E-state index contributed by atoms with van der Waals surface area (Å²) in [6.45, 7) is 6.35. The molecule has 1 heterocycles. The van der Waals surface area contributed by atoms with Gasteiger partial charge in [0.05, 0.1) is 12.3 Å². The third-order valence-electron chi connectivity index (χ3n) is 2.39. The van der Waals surface area contributed by atoms with Crippen LogP contribution in [-0.2, 0) is 16.7 Å². The molecule has 0 aliphatic heterocycles. The SMILES string of the molecule is C=Cc1c[nH]c(C)[n+]1CCCCS(=O)(=O)O.[OH-]. The molecule has 3 N–H and O–H groups in total. The molecule has 0 saturated carbocycles. The highest BCUT2D eigenvalue weighted by atomic mass is 32.2. The molecule has 1 aromatic rings. The molecule has 98 valence electrons. The molecular weight excluding hydrogens is 244 g/mol. The monoisotopic (exact) mass is 262 g/mol. The average molecular weight is 262 g/mol. The fraction of sp³-hybridized carbons (Fsp3) is 0.500. The summed E-state index contributed by atoms with van der Waals surface area (Å²) in [5, 5.41) is 0. The molecule has 0 aromatic carbocycles. The zero-order valence-corrected chi connectivity index (χ0v) is 10.6. The Morgan fingerprint density at radius 3 is 2.71 bits per heavy atom. The van der Waals surface area contributed by atoms with Gasteiger partial charge in [0.15, 0.2) is 5.69 Å². The van der Waals surface area contributed by atoms with E-state index in [-0.39, 0.29) is 11.2 Å². The summed E-state index contributed by atoms with van der Waals surface area (Å²) in [7, 11) is -3.83. The molecule has 0 saturated heterocycles.